The molecule has 1 unspecified atom stereocenters. The monoisotopic (exact) mass is 292 g/mol. The molecule has 1 aromatic rings. The number of ether oxygens (including phenoxy) is 2. The maximum Gasteiger partial charge on any atom is 0.258 e. The molecule has 20 heavy (non-hydrogen) atoms. The molecule has 1 aromatic carbocycles. The highest BCUT2D eigenvalue weighted by molar-refractivity contribution is 7.80. The van der Waals surface area contributed by atoms with Crippen LogP contribution in [0.25, 0.3) is 0 Å². The number of rotatable bonds is 2. The van der Waals surface area contributed by atoms with E-state index >= 15 is 0 Å². The molecule has 1 amide bonds. The summed E-state index contributed by atoms with van der Waals surface area (Å²) in [4.78, 5) is 14.8. The van der Waals surface area contributed by atoms with Crippen molar-refractivity contribution in [3.63, 3.8) is 0 Å². The average Bonchev–Trinajstić information content (AvgIpc) is 2.95. The minimum Gasteiger partial charge on any atom is -0.486 e. The van der Waals surface area contributed by atoms with Crippen molar-refractivity contribution < 1.29 is 14.3 Å². The average molecular weight is 292 g/mol. The van der Waals surface area contributed by atoms with E-state index in [1.807, 2.05) is 0 Å². The predicted molar refractivity (Wildman–Crippen MR) is 78.3 cm³/mol. The van der Waals surface area contributed by atoms with Crippen LogP contribution in [0.1, 0.15) is 23.2 Å². The lowest BCUT2D eigenvalue weighted by Crippen LogP contribution is -2.43. The summed E-state index contributed by atoms with van der Waals surface area (Å²) in [5.74, 6) is 1.05. The number of para-hydroxylation sites is 1. The quantitative estimate of drug-likeness (QED) is 0.834. The van der Waals surface area contributed by atoms with Gasteiger partial charge in [-0.05, 0) is 25.0 Å². The second kappa shape index (κ2) is 5.28. The van der Waals surface area contributed by atoms with Gasteiger partial charge in [-0.25, -0.2) is 0 Å². The van der Waals surface area contributed by atoms with E-state index in [4.69, 9.17) is 27.4 Å². The van der Waals surface area contributed by atoms with Crippen LogP contribution in [0.2, 0.25) is 0 Å². The number of nitrogens with two attached hydrogens (primary N) is 1. The number of hydrogen-bond donors (Lipinski definition) is 1. The van der Waals surface area contributed by atoms with Crippen molar-refractivity contribution in [1.82, 2.24) is 4.90 Å². The number of carbonyl (C=O) groups is 1. The molecule has 6 heteroatoms. The maximum atomic E-state index is 12.7. The molecular formula is C14H16N2O3S. The Hall–Kier alpha value is -1.82. The number of fused-ring (bicyclic) bond motifs is 1. The van der Waals surface area contributed by atoms with Crippen LogP contribution in [0.4, 0.5) is 0 Å². The fraction of sp³-hybridized carbons (Fsp3) is 0.429. The SMILES string of the molecule is NC(=S)C1CCCN1C(=O)c1cccc2c1OCCO2. The smallest absolute Gasteiger partial charge is 0.258 e. The third kappa shape index (κ3) is 2.20. The van der Waals surface area contributed by atoms with Gasteiger partial charge in [0.15, 0.2) is 11.5 Å². The largest absolute Gasteiger partial charge is 0.486 e. The van der Waals surface area contributed by atoms with E-state index in [-0.39, 0.29) is 11.9 Å². The van der Waals surface area contributed by atoms with Crippen LogP contribution in [0.15, 0.2) is 18.2 Å². The highest BCUT2D eigenvalue weighted by Crippen LogP contribution is 2.35. The fourth-order valence-corrected chi connectivity index (χ4v) is 2.95. The lowest BCUT2D eigenvalue weighted by Gasteiger charge is -2.26. The number of thiocarbonyl (C=S) groups is 1. The molecule has 2 aliphatic rings. The number of hydrogen-bond acceptors (Lipinski definition) is 4. The van der Waals surface area contributed by atoms with Gasteiger partial charge < -0.3 is 20.1 Å². The molecule has 2 aliphatic heterocycles. The minimum atomic E-state index is -0.155. The summed E-state index contributed by atoms with van der Waals surface area (Å²) in [6.45, 7) is 1.63. The van der Waals surface area contributed by atoms with Crippen LogP contribution >= 0.6 is 12.2 Å². The Bertz CT molecular complexity index is 561. The summed E-state index contributed by atoms with van der Waals surface area (Å²) in [7, 11) is 0. The van der Waals surface area contributed by atoms with Crippen molar-refractivity contribution in [2.45, 2.75) is 18.9 Å². The molecule has 3 rings (SSSR count). The Labute approximate surface area is 122 Å². The lowest BCUT2D eigenvalue weighted by molar-refractivity contribution is 0.0759. The first kappa shape index (κ1) is 13.2. The Morgan fingerprint density at radius 1 is 1.35 bits per heavy atom. The van der Waals surface area contributed by atoms with E-state index in [1.165, 1.54) is 0 Å². The molecule has 1 fully saturated rings. The Kier molecular flexibility index (Phi) is 3.48. The van der Waals surface area contributed by atoms with Gasteiger partial charge in [0.05, 0.1) is 16.6 Å². The van der Waals surface area contributed by atoms with E-state index in [0.717, 1.165) is 12.8 Å². The van der Waals surface area contributed by atoms with Gasteiger partial charge in [0.1, 0.15) is 13.2 Å². The first-order valence-corrected chi connectivity index (χ1v) is 7.08. The van der Waals surface area contributed by atoms with Crippen LogP contribution in [0.3, 0.4) is 0 Å². The number of nitrogens with zero attached hydrogens (tertiary/aromatic N) is 1. The molecule has 0 aromatic heterocycles. The first-order chi connectivity index (χ1) is 9.68. The van der Waals surface area contributed by atoms with Gasteiger partial charge in [-0.15, -0.1) is 0 Å². The van der Waals surface area contributed by atoms with Crippen molar-refractivity contribution in [2.75, 3.05) is 19.8 Å². The van der Waals surface area contributed by atoms with Crippen molar-refractivity contribution in [1.29, 1.82) is 0 Å². The van der Waals surface area contributed by atoms with Crippen molar-refractivity contribution >= 4 is 23.1 Å². The zero-order valence-electron chi connectivity index (χ0n) is 11.0. The van der Waals surface area contributed by atoms with Gasteiger partial charge in [-0.3, -0.25) is 4.79 Å². The molecule has 2 N–H and O–H groups in total. The molecule has 5 nitrogen and oxygen atoms in total. The maximum absolute atomic E-state index is 12.7. The second-order valence-corrected chi connectivity index (χ2v) is 5.36. The summed E-state index contributed by atoms with van der Waals surface area (Å²) in [5, 5.41) is 0. The molecule has 0 spiro atoms. The zero-order valence-corrected chi connectivity index (χ0v) is 11.8. The third-order valence-electron chi connectivity index (χ3n) is 3.64. The van der Waals surface area contributed by atoms with Crippen molar-refractivity contribution in [2.24, 2.45) is 5.73 Å². The van der Waals surface area contributed by atoms with Crippen LogP contribution < -0.4 is 15.2 Å². The molecule has 1 atom stereocenters. The van der Waals surface area contributed by atoms with E-state index in [1.54, 1.807) is 23.1 Å². The number of carbonyl (C=O) groups excluding carboxylic acids is 1. The molecule has 0 radical (unpaired) electrons. The number of likely N-dealkylation sites (tertiary alicyclic amines) is 1. The van der Waals surface area contributed by atoms with Crippen LogP contribution in [0.5, 0.6) is 11.5 Å². The summed E-state index contributed by atoms with van der Waals surface area (Å²) >= 11 is 5.05. The van der Waals surface area contributed by atoms with Crippen LogP contribution in [0, 0.1) is 0 Å². The molecular weight excluding hydrogens is 276 g/mol. The number of benzene rings is 1. The van der Waals surface area contributed by atoms with E-state index in [0.29, 0.717) is 41.8 Å². The van der Waals surface area contributed by atoms with Gasteiger partial charge in [-0.1, -0.05) is 18.3 Å². The van der Waals surface area contributed by atoms with Gasteiger partial charge >= 0.3 is 0 Å². The van der Waals surface area contributed by atoms with Crippen LogP contribution in [-0.2, 0) is 0 Å². The van der Waals surface area contributed by atoms with Gasteiger partial charge in [0.2, 0.25) is 0 Å². The Morgan fingerprint density at radius 3 is 2.95 bits per heavy atom. The van der Waals surface area contributed by atoms with E-state index in [2.05, 4.69) is 0 Å². The highest BCUT2D eigenvalue weighted by Gasteiger charge is 2.33. The molecule has 1 saturated heterocycles. The summed E-state index contributed by atoms with van der Waals surface area (Å²) < 4.78 is 11.1. The van der Waals surface area contributed by atoms with Crippen molar-refractivity contribution in [3.05, 3.63) is 23.8 Å². The molecule has 0 bridgehead atoms. The highest BCUT2D eigenvalue weighted by atomic mass is 32.1. The normalized spacial score (nSPS) is 20.8. The van der Waals surface area contributed by atoms with Gasteiger partial charge in [-0.2, -0.15) is 0 Å². The Balaban J connectivity index is 1.93. The third-order valence-corrected chi connectivity index (χ3v) is 3.91. The molecule has 0 saturated carbocycles. The summed E-state index contributed by atoms with van der Waals surface area (Å²) in [6.07, 6.45) is 1.74. The first-order valence-electron chi connectivity index (χ1n) is 6.67. The van der Waals surface area contributed by atoms with Gasteiger partial charge in [0.25, 0.3) is 5.91 Å². The summed E-state index contributed by atoms with van der Waals surface area (Å²) in [6, 6.07) is 5.20. The fourth-order valence-electron chi connectivity index (χ4n) is 2.70. The van der Waals surface area contributed by atoms with E-state index in [9.17, 15) is 4.79 Å². The second-order valence-electron chi connectivity index (χ2n) is 4.89. The van der Waals surface area contributed by atoms with Gasteiger partial charge in [0, 0.05) is 6.54 Å². The molecule has 106 valence electrons. The number of amides is 1. The lowest BCUT2D eigenvalue weighted by atomic mass is 10.1. The zero-order chi connectivity index (χ0) is 14.1. The molecule has 2 heterocycles. The standard InChI is InChI=1S/C14H16N2O3S/c15-13(20)10-4-2-6-16(10)14(17)9-3-1-5-11-12(9)19-8-7-18-11/h1,3,5,10H,2,4,6-8H2,(H2,15,20). The van der Waals surface area contributed by atoms with Crippen LogP contribution in [-0.4, -0.2) is 41.6 Å². The minimum absolute atomic E-state index is 0.0948. The van der Waals surface area contributed by atoms with Crippen molar-refractivity contribution in [3.8, 4) is 11.5 Å². The molecule has 0 aliphatic carbocycles. The Morgan fingerprint density at radius 2 is 2.15 bits per heavy atom. The topological polar surface area (TPSA) is 64.8 Å². The van der Waals surface area contributed by atoms with E-state index < -0.39 is 0 Å². The predicted octanol–water partition coefficient (Wildman–Crippen LogP) is 1.35. The summed E-state index contributed by atoms with van der Waals surface area (Å²) in [5.41, 5.74) is 6.24.